The molecule has 0 saturated carbocycles. The van der Waals surface area contributed by atoms with Crippen molar-refractivity contribution in [3.05, 3.63) is 18.3 Å². The molecule has 0 aliphatic rings. The van der Waals surface area contributed by atoms with Crippen LogP contribution in [0, 0.1) is 0 Å². The highest BCUT2D eigenvalue weighted by Crippen LogP contribution is 2.21. The molecule has 0 unspecified atom stereocenters. The summed E-state index contributed by atoms with van der Waals surface area (Å²) in [7, 11) is -3.84. The van der Waals surface area contributed by atoms with Crippen molar-refractivity contribution in [3.8, 4) is 0 Å². The van der Waals surface area contributed by atoms with Gasteiger partial charge in [-0.2, -0.15) is 5.10 Å². The summed E-state index contributed by atoms with van der Waals surface area (Å²) in [5.74, 6) is 0. The number of fused-ring (bicyclic) bond motifs is 1. The molecule has 0 atom stereocenters. The molecule has 2 aromatic rings. The number of pyridine rings is 1. The van der Waals surface area contributed by atoms with Gasteiger partial charge in [0.1, 0.15) is 5.52 Å². The third-order valence-corrected chi connectivity index (χ3v) is 3.01. The van der Waals surface area contributed by atoms with Gasteiger partial charge in [0.25, 0.3) is 10.0 Å². The van der Waals surface area contributed by atoms with Crippen LogP contribution >= 0.6 is 0 Å². The zero-order chi connectivity index (χ0) is 11.9. The molecule has 2 rings (SSSR count). The third-order valence-electron chi connectivity index (χ3n) is 2.19. The van der Waals surface area contributed by atoms with E-state index in [1.807, 2.05) is 13.8 Å². The lowest BCUT2D eigenvalue weighted by Gasteiger charge is -2.05. The maximum absolute atomic E-state index is 11.3. The van der Waals surface area contributed by atoms with Crippen LogP contribution in [0.3, 0.4) is 0 Å². The van der Waals surface area contributed by atoms with E-state index in [4.69, 9.17) is 5.14 Å². The van der Waals surface area contributed by atoms with Crippen molar-refractivity contribution in [2.75, 3.05) is 0 Å². The monoisotopic (exact) mass is 240 g/mol. The SMILES string of the molecule is CC(C)n1nc(S(N)(=O)=O)c2ncccc21. The molecule has 0 spiro atoms. The van der Waals surface area contributed by atoms with Crippen LogP contribution in [0.5, 0.6) is 0 Å². The quantitative estimate of drug-likeness (QED) is 0.834. The van der Waals surface area contributed by atoms with Crippen LogP contribution in [0.1, 0.15) is 19.9 Å². The summed E-state index contributed by atoms with van der Waals surface area (Å²) in [4.78, 5) is 4.01. The Bertz CT molecular complexity index is 630. The van der Waals surface area contributed by atoms with E-state index in [1.165, 1.54) is 6.20 Å². The predicted molar refractivity (Wildman–Crippen MR) is 59.3 cm³/mol. The van der Waals surface area contributed by atoms with Crippen LogP contribution < -0.4 is 5.14 Å². The first-order valence-electron chi connectivity index (χ1n) is 4.77. The van der Waals surface area contributed by atoms with Gasteiger partial charge in [0.15, 0.2) is 0 Å². The normalized spacial score (nSPS) is 12.5. The van der Waals surface area contributed by atoms with Crippen molar-refractivity contribution in [2.24, 2.45) is 5.14 Å². The Kier molecular flexibility index (Phi) is 2.43. The van der Waals surface area contributed by atoms with Crippen LogP contribution in [0.25, 0.3) is 11.0 Å². The maximum Gasteiger partial charge on any atom is 0.259 e. The molecule has 86 valence electrons. The van der Waals surface area contributed by atoms with Gasteiger partial charge in [-0.3, -0.25) is 9.67 Å². The third kappa shape index (κ3) is 1.68. The number of hydrogen-bond acceptors (Lipinski definition) is 4. The lowest BCUT2D eigenvalue weighted by molar-refractivity contribution is 0.531. The van der Waals surface area contributed by atoms with E-state index in [9.17, 15) is 8.42 Å². The predicted octanol–water partition coefficient (Wildman–Crippen LogP) is 0.660. The minimum Gasteiger partial charge on any atom is -0.259 e. The van der Waals surface area contributed by atoms with E-state index >= 15 is 0 Å². The first-order chi connectivity index (χ1) is 7.41. The molecule has 2 aromatic heterocycles. The van der Waals surface area contributed by atoms with Gasteiger partial charge in [-0.1, -0.05) is 0 Å². The highest BCUT2D eigenvalue weighted by molar-refractivity contribution is 7.89. The van der Waals surface area contributed by atoms with E-state index < -0.39 is 10.0 Å². The van der Waals surface area contributed by atoms with Crippen LogP contribution in [0.2, 0.25) is 0 Å². The molecule has 0 saturated heterocycles. The molecule has 0 aromatic carbocycles. The highest BCUT2D eigenvalue weighted by atomic mass is 32.2. The minimum atomic E-state index is -3.84. The molecule has 0 aliphatic heterocycles. The smallest absolute Gasteiger partial charge is 0.259 e. The lowest BCUT2D eigenvalue weighted by Crippen LogP contribution is -2.14. The number of sulfonamides is 1. The second kappa shape index (κ2) is 3.53. The van der Waals surface area contributed by atoms with Gasteiger partial charge in [0.2, 0.25) is 5.03 Å². The van der Waals surface area contributed by atoms with E-state index in [0.29, 0.717) is 11.0 Å². The first kappa shape index (κ1) is 11.0. The molecule has 6 nitrogen and oxygen atoms in total. The second-order valence-corrected chi connectivity index (χ2v) is 5.24. The minimum absolute atomic E-state index is 0.0437. The van der Waals surface area contributed by atoms with Crippen molar-refractivity contribution in [2.45, 2.75) is 24.9 Å². The van der Waals surface area contributed by atoms with Gasteiger partial charge >= 0.3 is 0 Å². The van der Waals surface area contributed by atoms with Gasteiger partial charge in [-0.05, 0) is 26.0 Å². The number of aromatic nitrogens is 3. The van der Waals surface area contributed by atoms with Crippen molar-refractivity contribution in [1.29, 1.82) is 0 Å². The number of nitrogens with zero attached hydrogens (tertiary/aromatic N) is 3. The lowest BCUT2D eigenvalue weighted by atomic mass is 10.3. The van der Waals surface area contributed by atoms with Gasteiger partial charge < -0.3 is 0 Å². The molecule has 0 aliphatic carbocycles. The highest BCUT2D eigenvalue weighted by Gasteiger charge is 2.21. The summed E-state index contributed by atoms with van der Waals surface area (Å²) in [5.41, 5.74) is 0.986. The van der Waals surface area contributed by atoms with E-state index in [0.717, 1.165) is 0 Å². The van der Waals surface area contributed by atoms with Crippen LogP contribution in [0.4, 0.5) is 0 Å². The van der Waals surface area contributed by atoms with Crippen molar-refractivity contribution in [3.63, 3.8) is 0 Å². The molecule has 0 bridgehead atoms. The number of nitrogens with two attached hydrogens (primary N) is 1. The summed E-state index contributed by atoms with van der Waals surface area (Å²) in [6.45, 7) is 3.82. The van der Waals surface area contributed by atoms with Gasteiger partial charge in [0, 0.05) is 12.2 Å². The van der Waals surface area contributed by atoms with Crippen LogP contribution in [-0.2, 0) is 10.0 Å². The van der Waals surface area contributed by atoms with Crippen LogP contribution in [-0.4, -0.2) is 23.2 Å². The number of primary sulfonamides is 1. The Labute approximate surface area is 93.1 Å². The Hall–Kier alpha value is -1.47. The zero-order valence-electron chi connectivity index (χ0n) is 8.95. The first-order valence-corrected chi connectivity index (χ1v) is 6.32. The standard InChI is InChI=1S/C9H12N4O2S/c1-6(2)13-7-4-3-5-11-8(7)9(12-13)16(10,14)15/h3-6H,1-2H3,(H2,10,14,15). The fourth-order valence-electron chi connectivity index (χ4n) is 1.53. The summed E-state index contributed by atoms with van der Waals surface area (Å²) in [6.07, 6.45) is 1.52. The van der Waals surface area contributed by atoms with E-state index in [1.54, 1.807) is 16.8 Å². The molecule has 16 heavy (non-hydrogen) atoms. The molecular formula is C9H12N4O2S. The molecule has 7 heteroatoms. The average Bonchev–Trinajstić information content (AvgIpc) is 2.56. The molecule has 2 heterocycles. The Morgan fingerprint density at radius 2 is 2.12 bits per heavy atom. The van der Waals surface area contributed by atoms with Gasteiger partial charge in [0.05, 0.1) is 5.52 Å². The fourth-order valence-corrected chi connectivity index (χ4v) is 2.16. The van der Waals surface area contributed by atoms with Crippen molar-refractivity contribution >= 4 is 21.1 Å². The summed E-state index contributed by atoms with van der Waals surface area (Å²) < 4.78 is 24.3. The molecule has 0 fully saturated rings. The molecular weight excluding hydrogens is 228 g/mol. The Balaban J connectivity index is 2.88. The molecule has 0 radical (unpaired) electrons. The second-order valence-electron chi connectivity index (χ2n) is 3.76. The van der Waals surface area contributed by atoms with Gasteiger partial charge in [-0.25, -0.2) is 13.6 Å². The summed E-state index contributed by atoms with van der Waals surface area (Å²) in [5, 5.41) is 8.92. The Morgan fingerprint density at radius 1 is 1.44 bits per heavy atom. The summed E-state index contributed by atoms with van der Waals surface area (Å²) >= 11 is 0. The average molecular weight is 240 g/mol. The maximum atomic E-state index is 11.3. The van der Waals surface area contributed by atoms with Crippen molar-refractivity contribution in [1.82, 2.24) is 14.8 Å². The summed E-state index contributed by atoms with van der Waals surface area (Å²) in [6, 6.07) is 3.54. The topological polar surface area (TPSA) is 90.9 Å². The van der Waals surface area contributed by atoms with Gasteiger partial charge in [-0.15, -0.1) is 0 Å². The fraction of sp³-hybridized carbons (Fsp3) is 0.333. The molecule has 2 N–H and O–H groups in total. The number of rotatable bonds is 2. The van der Waals surface area contributed by atoms with E-state index in [-0.39, 0.29) is 11.1 Å². The van der Waals surface area contributed by atoms with E-state index in [2.05, 4.69) is 10.1 Å². The van der Waals surface area contributed by atoms with Crippen LogP contribution in [0.15, 0.2) is 23.4 Å². The zero-order valence-corrected chi connectivity index (χ0v) is 9.77. The largest absolute Gasteiger partial charge is 0.259 e. The van der Waals surface area contributed by atoms with Crippen molar-refractivity contribution < 1.29 is 8.42 Å². The number of hydrogen-bond donors (Lipinski definition) is 1. The molecule has 0 amide bonds. The Morgan fingerprint density at radius 3 is 2.69 bits per heavy atom.